The lowest BCUT2D eigenvalue weighted by atomic mass is 10.0. The molecule has 5 heteroatoms. The SMILES string of the molecule is Cc1ccc(N=Nc2c(O)c(CONc3ccccc3C)cc3ccccc23)cc1. The molecule has 0 radical (unpaired) electrons. The van der Waals surface area contributed by atoms with Crippen LogP contribution in [-0.4, -0.2) is 5.11 Å². The van der Waals surface area contributed by atoms with Crippen molar-refractivity contribution in [1.82, 2.24) is 0 Å². The molecule has 0 bridgehead atoms. The van der Waals surface area contributed by atoms with Crippen molar-refractivity contribution in [1.29, 1.82) is 0 Å². The zero-order valence-electron chi connectivity index (χ0n) is 17.0. The quantitative estimate of drug-likeness (QED) is 0.269. The summed E-state index contributed by atoms with van der Waals surface area (Å²) >= 11 is 0. The molecule has 0 spiro atoms. The molecular formula is C25H23N3O2. The average molecular weight is 397 g/mol. The van der Waals surface area contributed by atoms with E-state index >= 15 is 0 Å². The largest absolute Gasteiger partial charge is 0.505 e. The van der Waals surface area contributed by atoms with Crippen LogP contribution in [0.15, 0.2) is 89.1 Å². The van der Waals surface area contributed by atoms with Gasteiger partial charge in [0.2, 0.25) is 0 Å². The molecule has 0 fully saturated rings. The van der Waals surface area contributed by atoms with Gasteiger partial charge in [0, 0.05) is 10.9 Å². The normalized spacial score (nSPS) is 11.3. The number of benzene rings is 4. The summed E-state index contributed by atoms with van der Waals surface area (Å²) in [6.45, 7) is 4.20. The van der Waals surface area contributed by atoms with Crippen LogP contribution < -0.4 is 5.48 Å². The van der Waals surface area contributed by atoms with Crippen molar-refractivity contribution in [2.24, 2.45) is 10.2 Å². The monoisotopic (exact) mass is 397 g/mol. The summed E-state index contributed by atoms with van der Waals surface area (Å²) in [5, 5.41) is 21.4. The fourth-order valence-corrected chi connectivity index (χ4v) is 3.18. The summed E-state index contributed by atoms with van der Waals surface area (Å²) in [5.41, 5.74) is 7.87. The van der Waals surface area contributed by atoms with Crippen molar-refractivity contribution in [3.8, 4) is 5.75 Å². The molecule has 0 saturated heterocycles. The number of phenols is 1. The highest BCUT2D eigenvalue weighted by atomic mass is 16.6. The van der Waals surface area contributed by atoms with E-state index in [2.05, 4.69) is 15.7 Å². The Kier molecular flexibility index (Phi) is 5.72. The maximum atomic E-state index is 10.9. The van der Waals surface area contributed by atoms with Crippen LogP contribution in [0.2, 0.25) is 0 Å². The van der Waals surface area contributed by atoms with Gasteiger partial charge in [-0.25, -0.2) is 0 Å². The van der Waals surface area contributed by atoms with Crippen molar-refractivity contribution < 1.29 is 9.94 Å². The number of rotatable bonds is 6. The van der Waals surface area contributed by atoms with Gasteiger partial charge >= 0.3 is 0 Å². The Balaban J connectivity index is 1.63. The smallest absolute Gasteiger partial charge is 0.149 e. The molecule has 0 aromatic heterocycles. The van der Waals surface area contributed by atoms with E-state index in [1.807, 2.05) is 92.7 Å². The Hall–Kier alpha value is -3.70. The maximum Gasteiger partial charge on any atom is 0.149 e. The van der Waals surface area contributed by atoms with Crippen LogP contribution >= 0.6 is 0 Å². The fraction of sp³-hybridized carbons (Fsp3) is 0.120. The minimum Gasteiger partial charge on any atom is -0.505 e. The summed E-state index contributed by atoms with van der Waals surface area (Å²) in [6, 6.07) is 25.3. The molecule has 0 aliphatic rings. The maximum absolute atomic E-state index is 10.9. The molecule has 5 nitrogen and oxygen atoms in total. The van der Waals surface area contributed by atoms with Crippen LogP contribution in [0.5, 0.6) is 5.75 Å². The van der Waals surface area contributed by atoms with Gasteiger partial charge in [-0.05, 0) is 49.1 Å². The highest BCUT2D eigenvalue weighted by Crippen LogP contribution is 2.39. The molecule has 150 valence electrons. The van der Waals surface area contributed by atoms with E-state index in [1.54, 1.807) is 0 Å². The zero-order chi connectivity index (χ0) is 20.9. The van der Waals surface area contributed by atoms with Gasteiger partial charge in [-0.15, -0.1) is 5.11 Å². The second-order valence-corrected chi connectivity index (χ2v) is 7.20. The third-order valence-corrected chi connectivity index (χ3v) is 4.93. The van der Waals surface area contributed by atoms with E-state index in [-0.39, 0.29) is 12.4 Å². The topological polar surface area (TPSA) is 66.2 Å². The number of hydrogen-bond acceptors (Lipinski definition) is 5. The summed E-state index contributed by atoms with van der Waals surface area (Å²) in [5.74, 6) is 0.0659. The van der Waals surface area contributed by atoms with E-state index < -0.39 is 0 Å². The molecule has 0 heterocycles. The Morgan fingerprint density at radius 2 is 1.60 bits per heavy atom. The molecule has 2 N–H and O–H groups in total. The summed E-state index contributed by atoms with van der Waals surface area (Å²) in [4.78, 5) is 5.67. The third kappa shape index (κ3) is 4.31. The Bertz CT molecular complexity index is 1200. The van der Waals surface area contributed by atoms with Gasteiger partial charge in [0.05, 0.1) is 11.4 Å². The number of phenolic OH excluding ortho intramolecular Hbond substituents is 1. The average Bonchev–Trinajstić information content (AvgIpc) is 2.76. The van der Waals surface area contributed by atoms with Gasteiger partial charge < -0.3 is 5.11 Å². The molecule has 4 aromatic rings. The van der Waals surface area contributed by atoms with Gasteiger partial charge in [0.25, 0.3) is 0 Å². The van der Waals surface area contributed by atoms with E-state index in [4.69, 9.17) is 4.84 Å². The van der Waals surface area contributed by atoms with Gasteiger partial charge in [-0.2, -0.15) is 5.11 Å². The number of nitrogens with one attached hydrogen (secondary N) is 1. The molecule has 0 amide bonds. The van der Waals surface area contributed by atoms with Crippen LogP contribution in [-0.2, 0) is 11.4 Å². The predicted octanol–water partition coefficient (Wildman–Crippen LogP) is 7.12. The summed E-state index contributed by atoms with van der Waals surface area (Å²) in [6.07, 6.45) is 0. The molecule has 0 aliphatic heterocycles. The van der Waals surface area contributed by atoms with Crippen molar-refractivity contribution in [2.45, 2.75) is 20.5 Å². The van der Waals surface area contributed by atoms with E-state index in [1.165, 1.54) is 0 Å². The number of azo groups is 1. The number of para-hydroxylation sites is 1. The number of aromatic hydroxyl groups is 1. The molecule has 0 atom stereocenters. The standard InChI is InChI=1S/C25H23N3O2/c1-17-11-13-21(14-12-17)26-27-24-22-9-5-4-8-19(22)15-20(25(24)29)16-30-28-23-10-6-3-7-18(23)2/h3-15,28-29H,16H2,1-2H3. The number of fused-ring (bicyclic) bond motifs is 1. The number of hydrogen-bond donors (Lipinski definition) is 2. The minimum absolute atomic E-state index is 0.0659. The second-order valence-electron chi connectivity index (χ2n) is 7.20. The van der Waals surface area contributed by atoms with Crippen molar-refractivity contribution in [3.63, 3.8) is 0 Å². The Morgan fingerprint density at radius 1 is 0.867 bits per heavy atom. The predicted molar refractivity (Wildman–Crippen MR) is 121 cm³/mol. The third-order valence-electron chi connectivity index (χ3n) is 4.93. The fourth-order valence-electron chi connectivity index (χ4n) is 3.18. The number of anilines is 1. The lowest BCUT2D eigenvalue weighted by Gasteiger charge is -2.13. The minimum atomic E-state index is 0.0659. The molecule has 0 aliphatic carbocycles. The zero-order valence-corrected chi connectivity index (χ0v) is 17.0. The lowest BCUT2D eigenvalue weighted by molar-refractivity contribution is 0.177. The molecule has 4 rings (SSSR count). The highest BCUT2D eigenvalue weighted by Gasteiger charge is 2.13. The first-order valence-corrected chi connectivity index (χ1v) is 9.77. The van der Waals surface area contributed by atoms with E-state index in [9.17, 15) is 5.11 Å². The molecule has 0 unspecified atom stereocenters. The van der Waals surface area contributed by atoms with Crippen molar-refractivity contribution in [2.75, 3.05) is 5.48 Å². The summed E-state index contributed by atoms with van der Waals surface area (Å²) in [7, 11) is 0. The van der Waals surface area contributed by atoms with Crippen LogP contribution in [0, 0.1) is 13.8 Å². The van der Waals surface area contributed by atoms with Crippen molar-refractivity contribution in [3.05, 3.63) is 95.6 Å². The van der Waals surface area contributed by atoms with E-state index in [0.29, 0.717) is 11.3 Å². The molecule has 0 saturated carbocycles. The first-order chi connectivity index (χ1) is 14.6. The second kappa shape index (κ2) is 8.76. The lowest BCUT2D eigenvalue weighted by Crippen LogP contribution is -2.03. The Morgan fingerprint density at radius 3 is 2.40 bits per heavy atom. The van der Waals surface area contributed by atoms with Crippen molar-refractivity contribution >= 4 is 27.8 Å². The summed E-state index contributed by atoms with van der Waals surface area (Å²) < 4.78 is 0. The van der Waals surface area contributed by atoms with Crippen LogP contribution in [0.1, 0.15) is 16.7 Å². The number of nitrogens with zero attached hydrogens (tertiary/aromatic N) is 2. The molecular weight excluding hydrogens is 374 g/mol. The van der Waals surface area contributed by atoms with E-state index in [0.717, 1.165) is 33.3 Å². The van der Waals surface area contributed by atoms with Crippen LogP contribution in [0.3, 0.4) is 0 Å². The van der Waals surface area contributed by atoms with Gasteiger partial charge in [0.1, 0.15) is 18.0 Å². The van der Waals surface area contributed by atoms with Gasteiger partial charge in [-0.1, -0.05) is 60.2 Å². The Labute approximate surface area is 175 Å². The highest BCUT2D eigenvalue weighted by molar-refractivity contribution is 5.96. The van der Waals surface area contributed by atoms with Crippen LogP contribution in [0.4, 0.5) is 17.1 Å². The van der Waals surface area contributed by atoms with Gasteiger partial charge in [0.15, 0.2) is 0 Å². The first kappa shape index (κ1) is 19.6. The first-order valence-electron chi connectivity index (χ1n) is 9.77. The van der Waals surface area contributed by atoms with Crippen LogP contribution in [0.25, 0.3) is 10.8 Å². The molecule has 30 heavy (non-hydrogen) atoms. The molecule has 4 aromatic carbocycles. The van der Waals surface area contributed by atoms with Gasteiger partial charge in [-0.3, -0.25) is 10.3 Å². The number of aryl methyl sites for hydroxylation is 2.